The number of allylic oxidation sites excluding steroid dienone is 1. The van der Waals surface area contributed by atoms with Crippen molar-refractivity contribution in [2.24, 2.45) is 0 Å². The molecular weight excluding hydrogens is 320 g/mol. The van der Waals surface area contributed by atoms with E-state index in [1.807, 2.05) is 22.8 Å². The van der Waals surface area contributed by atoms with Gasteiger partial charge in [-0.05, 0) is 45.6 Å². The molecule has 1 saturated heterocycles. The summed E-state index contributed by atoms with van der Waals surface area (Å²) < 4.78 is 4.52. The van der Waals surface area contributed by atoms with Gasteiger partial charge in [-0.3, -0.25) is 9.80 Å². The van der Waals surface area contributed by atoms with E-state index in [0.29, 0.717) is 19.9 Å². The summed E-state index contributed by atoms with van der Waals surface area (Å²) in [5, 5.41) is 0.959. The van der Waals surface area contributed by atoms with E-state index >= 15 is 0 Å². The highest BCUT2D eigenvalue weighted by molar-refractivity contribution is 7.10. The van der Waals surface area contributed by atoms with Crippen LogP contribution < -0.4 is 4.90 Å². The van der Waals surface area contributed by atoms with Crippen molar-refractivity contribution in [2.75, 3.05) is 24.8 Å². The van der Waals surface area contributed by atoms with Crippen LogP contribution in [0.3, 0.4) is 0 Å². The van der Waals surface area contributed by atoms with Gasteiger partial charge in [-0.15, -0.1) is 6.58 Å². The molecule has 1 fully saturated rings. The molecule has 0 N–H and O–H groups in total. The number of anilines is 1. The maximum Gasteiger partial charge on any atom is 0.327 e. The average Bonchev–Trinajstić information content (AvgIpc) is 2.96. The van der Waals surface area contributed by atoms with Crippen molar-refractivity contribution in [1.29, 1.82) is 0 Å². The van der Waals surface area contributed by atoms with Crippen molar-refractivity contribution in [3.8, 4) is 0 Å². The maximum absolute atomic E-state index is 13.0. The summed E-state index contributed by atoms with van der Waals surface area (Å²) in [5.74, 6) is 0. The molecule has 5 nitrogen and oxygen atoms in total. The Balaban J connectivity index is 2.34. The van der Waals surface area contributed by atoms with Gasteiger partial charge in [-0.1, -0.05) is 24.6 Å². The lowest BCUT2D eigenvalue weighted by Crippen LogP contribution is -2.60. The zero-order valence-electron chi connectivity index (χ0n) is 15.4. The zero-order chi connectivity index (χ0) is 17.9. The number of amides is 2. The molecule has 1 aliphatic rings. The quantitative estimate of drug-likeness (QED) is 0.729. The summed E-state index contributed by atoms with van der Waals surface area (Å²) in [6, 6.07) is 0.256. The SMILES string of the molecule is C=CC(C)N1CN(CC(C)=CC)C(=O)N(c2snc(CC)c2C)C1. The molecule has 2 rings (SSSR count). The molecule has 1 aromatic rings. The van der Waals surface area contributed by atoms with Gasteiger partial charge < -0.3 is 4.90 Å². The monoisotopic (exact) mass is 348 g/mol. The first-order valence-electron chi connectivity index (χ1n) is 8.42. The summed E-state index contributed by atoms with van der Waals surface area (Å²) in [6.45, 7) is 16.1. The van der Waals surface area contributed by atoms with Gasteiger partial charge >= 0.3 is 6.03 Å². The minimum Gasteiger partial charge on any atom is -0.307 e. The van der Waals surface area contributed by atoms with Crippen LogP contribution in [0.5, 0.6) is 0 Å². The largest absolute Gasteiger partial charge is 0.327 e. The Morgan fingerprint density at radius 3 is 2.71 bits per heavy atom. The molecule has 1 aromatic heterocycles. The molecule has 132 valence electrons. The minimum absolute atomic E-state index is 0.0538. The van der Waals surface area contributed by atoms with Gasteiger partial charge in [0.1, 0.15) is 5.00 Å². The van der Waals surface area contributed by atoms with E-state index in [1.165, 1.54) is 17.1 Å². The average molecular weight is 349 g/mol. The summed E-state index contributed by atoms with van der Waals surface area (Å²) in [7, 11) is 0. The molecule has 1 unspecified atom stereocenters. The van der Waals surface area contributed by atoms with E-state index < -0.39 is 0 Å². The van der Waals surface area contributed by atoms with Crippen LogP contribution in [0.1, 0.15) is 39.0 Å². The third-order valence-corrected chi connectivity index (χ3v) is 5.61. The Morgan fingerprint density at radius 2 is 2.17 bits per heavy atom. The Morgan fingerprint density at radius 1 is 1.46 bits per heavy atom. The fraction of sp³-hybridized carbons (Fsp3) is 0.556. The number of rotatable bonds is 6. The lowest BCUT2D eigenvalue weighted by atomic mass is 10.2. The number of urea groups is 1. The fourth-order valence-electron chi connectivity index (χ4n) is 2.75. The molecular formula is C18H28N4OS. The van der Waals surface area contributed by atoms with Crippen molar-refractivity contribution < 1.29 is 4.79 Å². The van der Waals surface area contributed by atoms with Crippen LogP contribution >= 0.6 is 11.5 Å². The van der Waals surface area contributed by atoms with E-state index in [4.69, 9.17) is 0 Å². The van der Waals surface area contributed by atoms with E-state index in [2.05, 4.69) is 49.6 Å². The number of hydrogen-bond donors (Lipinski definition) is 0. The Hall–Kier alpha value is -1.66. The van der Waals surface area contributed by atoms with E-state index in [-0.39, 0.29) is 12.1 Å². The number of nitrogens with zero attached hydrogens (tertiary/aromatic N) is 4. The summed E-state index contributed by atoms with van der Waals surface area (Å²) in [5.41, 5.74) is 3.38. The molecule has 6 heteroatoms. The smallest absolute Gasteiger partial charge is 0.307 e. The van der Waals surface area contributed by atoms with Gasteiger partial charge in [-0.2, -0.15) is 4.37 Å². The van der Waals surface area contributed by atoms with Crippen LogP contribution in [0.2, 0.25) is 0 Å². The van der Waals surface area contributed by atoms with Crippen LogP contribution in [0, 0.1) is 6.92 Å². The predicted molar refractivity (Wildman–Crippen MR) is 101 cm³/mol. The lowest BCUT2D eigenvalue weighted by molar-refractivity contribution is 0.107. The Kier molecular flexibility index (Phi) is 6.18. The number of carbonyl (C=O) groups excluding carboxylic acids is 1. The van der Waals surface area contributed by atoms with Crippen LogP contribution in [-0.2, 0) is 6.42 Å². The van der Waals surface area contributed by atoms with Crippen LogP contribution in [0.25, 0.3) is 0 Å². The van der Waals surface area contributed by atoms with Crippen molar-refractivity contribution in [3.63, 3.8) is 0 Å². The van der Waals surface area contributed by atoms with Crippen LogP contribution in [-0.4, -0.2) is 46.1 Å². The summed E-state index contributed by atoms with van der Waals surface area (Å²) in [6.07, 6.45) is 4.87. The Bertz CT molecular complexity index is 637. The highest BCUT2D eigenvalue weighted by Crippen LogP contribution is 2.31. The van der Waals surface area contributed by atoms with E-state index in [9.17, 15) is 4.79 Å². The van der Waals surface area contributed by atoms with Gasteiger partial charge in [0.05, 0.1) is 19.0 Å². The summed E-state index contributed by atoms with van der Waals surface area (Å²) in [4.78, 5) is 19.0. The van der Waals surface area contributed by atoms with Crippen molar-refractivity contribution >= 4 is 22.6 Å². The predicted octanol–water partition coefficient (Wildman–Crippen LogP) is 4.01. The van der Waals surface area contributed by atoms with E-state index in [0.717, 1.165) is 22.7 Å². The highest BCUT2D eigenvalue weighted by Gasteiger charge is 2.34. The van der Waals surface area contributed by atoms with Gasteiger partial charge in [0, 0.05) is 18.2 Å². The van der Waals surface area contributed by atoms with Crippen LogP contribution in [0.15, 0.2) is 24.3 Å². The second-order valence-corrected chi connectivity index (χ2v) is 7.06. The molecule has 0 radical (unpaired) electrons. The molecule has 24 heavy (non-hydrogen) atoms. The number of aromatic nitrogens is 1. The van der Waals surface area contributed by atoms with Gasteiger partial charge in [-0.25, -0.2) is 4.79 Å². The lowest BCUT2D eigenvalue weighted by Gasteiger charge is -2.43. The molecule has 0 spiro atoms. The van der Waals surface area contributed by atoms with Gasteiger partial charge in [0.25, 0.3) is 0 Å². The normalized spacial score (nSPS) is 18.2. The zero-order valence-corrected chi connectivity index (χ0v) is 16.2. The molecule has 2 amide bonds. The highest BCUT2D eigenvalue weighted by atomic mass is 32.1. The topological polar surface area (TPSA) is 39.7 Å². The van der Waals surface area contributed by atoms with E-state index in [1.54, 1.807) is 0 Å². The van der Waals surface area contributed by atoms with Gasteiger partial charge in [0.15, 0.2) is 0 Å². The minimum atomic E-state index is 0.0538. The molecule has 0 saturated carbocycles. The molecule has 1 aliphatic heterocycles. The number of carbonyl (C=O) groups is 1. The number of hydrogen-bond acceptors (Lipinski definition) is 4. The molecule has 0 aromatic carbocycles. The standard InChI is InChI=1S/C18H28N4OS/c1-7-13(4)10-20-11-21(14(5)8-2)12-22(18(20)23)17-15(6)16(9-3)19-24-17/h7-8,14H,2,9-12H2,1,3-6H3. The number of aryl methyl sites for hydroxylation is 1. The van der Waals surface area contributed by atoms with Crippen molar-refractivity contribution in [3.05, 3.63) is 35.6 Å². The maximum atomic E-state index is 13.0. The third-order valence-electron chi connectivity index (χ3n) is 4.60. The second-order valence-electron chi connectivity index (χ2n) is 6.30. The fourth-order valence-corrected chi connectivity index (χ4v) is 3.70. The molecule has 0 bridgehead atoms. The first kappa shape index (κ1) is 18.7. The third kappa shape index (κ3) is 3.70. The van der Waals surface area contributed by atoms with Crippen molar-refractivity contribution in [1.82, 2.24) is 14.2 Å². The molecule has 1 atom stereocenters. The summed E-state index contributed by atoms with van der Waals surface area (Å²) >= 11 is 1.42. The van der Waals surface area contributed by atoms with Crippen LogP contribution in [0.4, 0.5) is 9.80 Å². The molecule has 0 aliphatic carbocycles. The first-order chi connectivity index (χ1) is 11.4. The van der Waals surface area contributed by atoms with Crippen molar-refractivity contribution in [2.45, 2.75) is 47.1 Å². The van der Waals surface area contributed by atoms with Gasteiger partial charge in [0.2, 0.25) is 0 Å². The molecule has 2 heterocycles. The second kappa shape index (κ2) is 7.94. The first-order valence-corrected chi connectivity index (χ1v) is 9.20. The Labute approximate surface area is 149 Å².